The van der Waals surface area contributed by atoms with Gasteiger partial charge in [0.05, 0.1) is 23.9 Å². The molecule has 6 nitrogen and oxygen atoms in total. The van der Waals surface area contributed by atoms with Gasteiger partial charge in [-0.1, -0.05) is 11.3 Å². The summed E-state index contributed by atoms with van der Waals surface area (Å²) < 4.78 is 21.0. The second kappa shape index (κ2) is 6.21. The fourth-order valence-electron chi connectivity index (χ4n) is 2.86. The number of nitrogens with zero attached hydrogens (tertiary/aromatic N) is 1. The summed E-state index contributed by atoms with van der Waals surface area (Å²) in [4.78, 5) is 24.3. The van der Waals surface area contributed by atoms with E-state index in [1.54, 1.807) is 6.92 Å². The Hall–Kier alpha value is -2.87. The molecule has 0 fully saturated rings. The molecular weight excluding hydrogens is 349 g/mol. The number of ether oxygens (including phenoxy) is 1. The van der Waals surface area contributed by atoms with E-state index in [9.17, 15) is 19.1 Å². The quantitative estimate of drug-likeness (QED) is 0.743. The number of carboxylic acid groups (broad SMARTS) is 1. The predicted octanol–water partition coefficient (Wildman–Crippen LogP) is 3.18. The van der Waals surface area contributed by atoms with E-state index < -0.39 is 24.1 Å². The van der Waals surface area contributed by atoms with E-state index in [-0.39, 0.29) is 32.2 Å². The molecule has 0 aliphatic carbocycles. The molecule has 0 aliphatic rings. The molecule has 1 aromatic carbocycles. The summed E-state index contributed by atoms with van der Waals surface area (Å²) in [6, 6.07) is 5.75. The van der Waals surface area contributed by atoms with Crippen molar-refractivity contribution >= 4 is 34.1 Å². The molecule has 8 heteroatoms. The van der Waals surface area contributed by atoms with Gasteiger partial charge < -0.3 is 14.9 Å². The third-order valence-electron chi connectivity index (χ3n) is 3.95. The molecule has 0 amide bonds. The molecule has 130 valence electrons. The lowest BCUT2D eigenvalue weighted by Crippen LogP contribution is -2.12. The van der Waals surface area contributed by atoms with Gasteiger partial charge in [-0.2, -0.15) is 0 Å². The van der Waals surface area contributed by atoms with Gasteiger partial charge in [-0.15, -0.1) is 0 Å². The van der Waals surface area contributed by atoms with Crippen molar-refractivity contribution in [3.63, 3.8) is 0 Å². The van der Waals surface area contributed by atoms with Gasteiger partial charge in [0.25, 0.3) is 5.91 Å². The average molecular weight is 363 g/mol. The Morgan fingerprint density at radius 2 is 2.00 bits per heavy atom. The molecule has 0 atom stereocenters. The Balaban J connectivity index is 2.32. The van der Waals surface area contributed by atoms with Gasteiger partial charge in [-0.3, -0.25) is 14.2 Å². The smallest absolute Gasteiger partial charge is 0.307 e. The molecule has 0 saturated carbocycles. The van der Waals surface area contributed by atoms with Gasteiger partial charge >= 0.3 is 5.97 Å². The Labute approximate surface area is 145 Å². The van der Waals surface area contributed by atoms with E-state index in [0.29, 0.717) is 5.69 Å². The highest BCUT2D eigenvalue weighted by atomic mass is 32.1. The van der Waals surface area contributed by atoms with Gasteiger partial charge in [0, 0.05) is 11.1 Å². The highest BCUT2D eigenvalue weighted by Gasteiger charge is 2.25. The number of hydrogen-bond donors (Lipinski definition) is 2. The highest BCUT2D eigenvalue weighted by molar-refractivity contribution is 7.15. The van der Waals surface area contributed by atoms with Crippen molar-refractivity contribution in [3.05, 3.63) is 46.2 Å². The number of thiophene rings is 1. The molecule has 25 heavy (non-hydrogen) atoms. The van der Waals surface area contributed by atoms with Gasteiger partial charge in [0.2, 0.25) is 0 Å². The molecule has 0 aliphatic heterocycles. The number of carboxylic acids is 1. The average Bonchev–Trinajstić information content (AvgIpc) is 3.10. The standard InChI is InChI=1S/C17H14FNO5S/c1-8-9(7-13(20)21)15-10(3-4-11(24-2)16(15)18)19(8)17(23)12-5-6-14(22)25-12/h3-6,22H,7H2,1-2H3,(H,20,21). The summed E-state index contributed by atoms with van der Waals surface area (Å²) in [5, 5.41) is 18.7. The van der Waals surface area contributed by atoms with Gasteiger partial charge in [-0.05, 0) is 36.8 Å². The van der Waals surface area contributed by atoms with Crippen LogP contribution in [0.1, 0.15) is 20.9 Å². The summed E-state index contributed by atoms with van der Waals surface area (Å²) in [6.45, 7) is 1.57. The first kappa shape index (κ1) is 17.0. The van der Waals surface area contributed by atoms with E-state index in [1.165, 1.54) is 35.9 Å². The number of rotatable bonds is 4. The molecule has 0 unspecified atom stereocenters. The largest absolute Gasteiger partial charge is 0.499 e. The van der Waals surface area contributed by atoms with Crippen LogP contribution < -0.4 is 4.74 Å². The highest BCUT2D eigenvalue weighted by Crippen LogP contribution is 2.35. The summed E-state index contributed by atoms with van der Waals surface area (Å²) >= 11 is 0.893. The van der Waals surface area contributed by atoms with Crippen LogP contribution in [0.2, 0.25) is 0 Å². The maximum Gasteiger partial charge on any atom is 0.307 e. The van der Waals surface area contributed by atoms with Crippen LogP contribution in [-0.4, -0.2) is 33.8 Å². The number of carbonyl (C=O) groups is 2. The van der Waals surface area contributed by atoms with Crippen LogP contribution in [0.3, 0.4) is 0 Å². The second-order valence-corrected chi connectivity index (χ2v) is 6.45. The number of halogens is 1. The number of carbonyl (C=O) groups excluding carboxylic acids is 1. The van der Waals surface area contributed by atoms with Crippen molar-refractivity contribution in [2.24, 2.45) is 0 Å². The SMILES string of the molecule is COc1ccc2c(c1F)c(CC(=O)O)c(C)n2C(=O)c1ccc(O)s1. The lowest BCUT2D eigenvalue weighted by atomic mass is 10.1. The first-order valence-electron chi connectivity index (χ1n) is 7.26. The van der Waals surface area contributed by atoms with Crippen molar-refractivity contribution in [1.82, 2.24) is 4.57 Å². The van der Waals surface area contributed by atoms with Crippen molar-refractivity contribution in [2.75, 3.05) is 7.11 Å². The molecule has 2 aromatic heterocycles. The lowest BCUT2D eigenvalue weighted by Gasteiger charge is -2.06. The first-order valence-corrected chi connectivity index (χ1v) is 8.08. The number of benzene rings is 1. The molecule has 2 heterocycles. The third-order valence-corrected chi connectivity index (χ3v) is 4.83. The zero-order valence-electron chi connectivity index (χ0n) is 13.4. The maximum absolute atomic E-state index is 14.8. The second-order valence-electron chi connectivity index (χ2n) is 5.39. The van der Waals surface area contributed by atoms with Crippen molar-refractivity contribution in [2.45, 2.75) is 13.3 Å². The van der Waals surface area contributed by atoms with Crippen LogP contribution in [0, 0.1) is 12.7 Å². The normalized spacial score (nSPS) is 11.0. The molecule has 0 saturated heterocycles. The van der Waals surface area contributed by atoms with E-state index >= 15 is 0 Å². The summed E-state index contributed by atoms with van der Waals surface area (Å²) in [6.07, 6.45) is -0.428. The van der Waals surface area contributed by atoms with Crippen LogP contribution in [0.4, 0.5) is 4.39 Å². The van der Waals surface area contributed by atoms with Crippen molar-refractivity contribution < 1.29 is 28.9 Å². The fraction of sp³-hybridized carbons (Fsp3) is 0.176. The predicted molar refractivity (Wildman–Crippen MR) is 90.2 cm³/mol. The van der Waals surface area contributed by atoms with Crippen LogP contribution in [0.25, 0.3) is 10.9 Å². The number of aromatic nitrogens is 1. The van der Waals surface area contributed by atoms with Gasteiger partial charge in [0.15, 0.2) is 16.6 Å². The minimum absolute atomic E-state index is 0.0175. The molecule has 0 spiro atoms. The minimum atomic E-state index is -1.13. The Kier molecular flexibility index (Phi) is 4.22. The van der Waals surface area contributed by atoms with Crippen LogP contribution in [-0.2, 0) is 11.2 Å². The topological polar surface area (TPSA) is 88.8 Å². The van der Waals surface area contributed by atoms with E-state index in [1.807, 2.05) is 0 Å². The zero-order valence-corrected chi connectivity index (χ0v) is 14.2. The van der Waals surface area contributed by atoms with Gasteiger partial charge in [0.1, 0.15) is 0 Å². The van der Waals surface area contributed by atoms with Crippen LogP contribution >= 0.6 is 11.3 Å². The Morgan fingerprint density at radius 3 is 2.56 bits per heavy atom. The van der Waals surface area contributed by atoms with Gasteiger partial charge in [-0.25, -0.2) is 4.39 Å². The van der Waals surface area contributed by atoms with E-state index in [2.05, 4.69) is 0 Å². The fourth-order valence-corrected chi connectivity index (χ4v) is 3.53. The Bertz CT molecular complexity index is 1000. The molecule has 2 N–H and O–H groups in total. The zero-order chi connectivity index (χ0) is 18.3. The summed E-state index contributed by atoms with van der Waals surface area (Å²) in [5.41, 5.74) is 0.806. The molecule has 0 bridgehead atoms. The van der Waals surface area contributed by atoms with Crippen molar-refractivity contribution in [3.8, 4) is 10.8 Å². The first-order chi connectivity index (χ1) is 11.8. The number of hydrogen-bond acceptors (Lipinski definition) is 5. The van der Waals surface area contributed by atoms with E-state index in [4.69, 9.17) is 9.84 Å². The minimum Gasteiger partial charge on any atom is -0.499 e. The molecule has 3 aromatic rings. The lowest BCUT2D eigenvalue weighted by molar-refractivity contribution is -0.136. The van der Waals surface area contributed by atoms with Crippen LogP contribution in [0.15, 0.2) is 24.3 Å². The molecule has 3 rings (SSSR count). The maximum atomic E-state index is 14.8. The van der Waals surface area contributed by atoms with Crippen molar-refractivity contribution in [1.29, 1.82) is 0 Å². The summed E-state index contributed by atoms with van der Waals surface area (Å²) in [5.74, 6) is -2.34. The summed E-state index contributed by atoms with van der Waals surface area (Å²) in [7, 11) is 1.31. The number of aromatic hydroxyl groups is 1. The third kappa shape index (κ3) is 2.74. The number of methoxy groups -OCH3 is 1. The van der Waals surface area contributed by atoms with E-state index in [0.717, 1.165) is 11.3 Å². The number of aliphatic carboxylic acids is 1. The van der Waals surface area contributed by atoms with Crippen LogP contribution in [0.5, 0.6) is 10.8 Å². The monoisotopic (exact) mass is 363 g/mol. The Morgan fingerprint density at radius 1 is 1.28 bits per heavy atom. The molecule has 0 radical (unpaired) electrons. The molecular formula is C17H14FNO5S. The number of fused-ring (bicyclic) bond motifs is 1.